The molecular formula is C21H24F2N2O. The molecule has 1 heterocycles. The third-order valence-electron chi connectivity index (χ3n) is 4.68. The van der Waals surface area contributed by atoms with Gasteiger partial charge in [-0.2, -0.15) is 5.10 Å². The zero-order valence-electron chi connectivity index (χ0n) is 15.4. The van der Waals surface area contributed by atoms with Crippen LogP contribution in [0.4, 0.5) is 8.78 Å². The number of hydrogen-bond donors (Lipinski definition) is 0. The van der Waals surface area contributed by atoms with Gasteiger partial charge in [0.15, 0.2) is 0 Å². The van der Waals surface area contributed by atoms with Crippen LogP contribution in [0.25, 0.3) is 0 Å². The van der Waals surface area contributed by atoms with E-state index in [0.29, 0.717) is 5.71 Å². The fourth-order valence-corrected chi connectivity index (χ4v) is 3.19. The minimum Gasteiger partial charge on any atom is -0.267 e. The van der Waals surface area contributed by atoms with Crippen molar-refractivity contribution in [2.75, 3.05) is 0 Å². The lowest BCUT2D eigenvalue weighted by molar-refractivity contribution is -0.156. The predicted molar refractivity (Wildman–Crippen MR) is 101 cm³/mol. The van der Waals surface area contributed by atoms with E-state index < -0.39 is 17.4 Å². The molecule has 0 fully saturated rings. The molecular weight excluding hydrogens is 334 g/mol. The zero-order valence-corrected chi connectivity index (χ0v) is 15.4. The summed E-state index contributed by atoms with van der Waals surface area (Å²) in [6, 6.07) is 9.12. The van der Waals surface area contributed by atoms with E-state index in [1.54, 1.807) is 26.0 Å². The molecule has 1 aliphatic rings. The Bertz CT molecular complexity index is 760. The topological polar surface area (TPSA) is 32.7 Å². The number of amides is 1. The molecule has 3 nitrogen and oxygen atoms in total. The van der Waals surface area contributed by atoms with Gasteiger partial charge in [0.1, 0.15) is 5.54 Å². The summed E-state index contributed by atoms with van der Waals surface area (Å²) in [5.74, 6) is -3.68. The number of hydrogen-bond acceptors (Lipinski definition) is 2. The summed E-state index contributed by atoms with van der Waals surface area (Å²) in [6.07, 6.45) is 6.31. The standard InChI is InChI=1S/C21H24F2N2O/c1-5-11-17(12-6-2)19(26)25-21(7-3,20(4,22)23)15-18(24-25)16-13-9-8-10-14-16/h5-6,8-14H,1,7,15H2,2-4H3/b12-6-,17-11+. The maximum absolute atomic E-state index is 14.7. The molecule has 0 saturated heterocycles. The van der Waals surface area contributed by atoms with Gasteiger partial charge in [-0.05, 0) is 25.0 Å². The molecule has 138 valence electrons. The monoisotopic (exact) mass is 358 g/mol. The normalized spacial score (nSPS) is 21.2. The second kappa shape index (κ2) is 7.77. The fraction of sp³-hybridized carbons (Fsp3) is 0.333. The molecule has 1 aliphatic heterocycles. The molecule has 0 aromatic heterocycles. The summed E-state index contributed by atoms with van der Waals surface area (Å²) in [4.78, 5) is 13.0. The lowest BCUT2D eigenvalue weighted by atomic mass is 9.82. The molecule has 26 heavy (non-hydrogen) atoms. The molecule has 1 aromatic carbocycles. The summed E-state index contributed by atoms with van der Waals surface area (Å²) in [7, 11) is 0. The van der Waals surface area contributed by atoms with Crippen molar-refractivity contribution in [3.05, 3.63) is 72.4 Å². The zero-order chi connectivity index (χ0) is 19.4. The highest BCUT2D eigenvalue weighted by Gasteiger charge is 2.58. The Morgan fingerprint density at radius 2 is 2.04 bits per heavy atom. The van der Waals surface area contributed by atoms with Crippen LogP contribution >= 0.6 is 0 Å². The number of nitrogens with zero attached hydrogens (tertiary/aromatic N) is 2. The first-order chi connectivity index (χ1) is 12.3. The second-order valence-electron chi connectivity index (χ2n) is 6.34. The van der Waals surface area contributed by atoms with Gasteiger partial charge in [-0.1, -0.05) is 62.1 Å². The molecule has 0 bridgehead atoms. The Labute approximate surface area is 153 Å². The first kappa shape index (κ1) is 19.8. The molecule has 0 spiro atoms. The summed E-state index contributed by atoms with van der Waals surface area (Å²) >= 11 is 0. The van der Waals surface area contributed by atoms with E-state index >= 15 is 0 Å². The van der Waals surface area contributed by atoms with Crippen molar-refractivity contribution in [3.63, 3.8) is 0 Å². The van der Waals surface area contributed by atoms with Gasteiger partial charge < -0.3 is 0 Å². The third kappa shape index (κ3) is 3.52. The van der Waals surface area contributed by atoms with Gasteiger partial charge in [-0.15, -0.1) is 0 Å². The van der Waals surface area contributed by atoms with E-state index in [1.165, 1.54) is 12.2 Å². The minimum atomic E-state index is -3.12. The van der Waals surface area contributed by atoms with Crippen molar-refractivity contribution in [2.24, 2.45) is 5.10 Å². The fourth-order valence-electron chi connectivity index (χ4n) is 3.19. The molecule has 1 aromatic rings. The van der Waals surface area contributed by atoms with Crippen molar-refractivity contribution >= 4 is 11.6 Å². The molecule has 1 atom stereocenters. The van der Waals surface area contributed by atoms with Crippen LogP contribution in [0, 0.1) is 0 Å². The Morgan fingerprint density at radius 3 is 2.54 bits per heavy atom. The van der Waals surface area contributed by atoms with Gasteiger partial charge in [0.2, 0.25) is 0 Å². The number of halogens is 2. The molecule has 0 N–H and O–H groups in total. The lowest BCUT2D eigenvalue weighted by Gasteiger charge is -2.40. The number of hydrazone groups is 1. The number of carbonyl (C=O) groups is 1. The number of carbonyl (C=O) groups excluding carboxylic acids is 1. The van der Waals surface area contributed by atoms with E-state index in [2.05, 4.69) is 11.7 Å². The van der Waals surface area contributed by atoms with E-state index in [-0.39, 0.29) is 18.4 Å². The maximum Gasteiger partial charge on any atom is 0.274 e. The van der Waals surface area contributed by atoms with Crippen LogP contribution in [-0.4, -0.2) is 28.1 Å². The van der Waals surface area contributed by atoms with Gasteiger partial charge in [-0.25, -0.2) is 13.8 Å². The predicted octanol–water partition coefficient (Wildman–Crippen LogP) is 5.12. The SMILES string of the molecule is C=C/C=C(\C=C/C)C(=O)N1N=C(c2ccccc2)CC1(CC)C(C)(F)F. The molecule has 5 heteroatoms. The van der Waals surface area contributed by atoms with Crippen molar-refractivity contribution in [1.29, 1.82) is 0 Å². The van der Waals surface area contributed by atoms with Gasteiger partial charge >= 0.3 is 0 Å². The summed E-state index contributed by atoms with van der Waals surface area (Å²) in [5.41, 5.74) is -0.203. The summed E-state index contributed by atoms with van der Waals surface area (Å²) in [6.45, 7) is 7.87. The van der Waals surface area contributed by atoms with E-state index in [1.807, 2.05) is 30.3 Å². The Balaban J connectivity index is 2.58. The highest BCUT2D eigenvalue weighted by molar-refractivity contribution is 6.06. The van der Waals surface area contributed by atoms with Crippen LogP contribution in [-0.2, 0) is 4.79 Å². The molecule has 0 saturated carbocycles. The summed E-state index contributed by atoms with van der Waals surface area (Å²) < 4.78 is 29.4. The van der Waals surface area contributed by atoms with Gasteiger partial charge in [0.25, 0.3) is 11.8 Å². The highest BCUT2D eigenvalue weighted by atomic mass is 19.3. The van der Waals surface area contributed by atoms with E-state index in [4.69, 9.17) is 0 Å². The first-order valence-corrected chi connectivity index (χ1v) is 8.61. The Hall–Kier alpha value is -2.56. The van der Waals surface area contributed by atoms with Gasteiger partial charge in [0.05, 0.1) is 5.71 Å². The number of rotatable bonds is 6. The average Bonchev–Trinajstić information content (AvgIpc) is 3.03. The van der Waals surface area contributed by atoms with Crippen molar-refractivity contribution in [3.8, 4) is 0 Å². The number of benzene rings is 1. The largest absolute Gasteiger partial charge is 0.274 e. The number of allylic oxidation sites excluding steroid dienone is 3. The van der Waals surface area contributed by atoms with E-state index in [0.717, 1.165) is 17.5 Å². The lowest BCUT2D eigenvalue weighted by Crippen LogP contribution is -2.57. The van der Waals surface area contributed by atoms with Crippen molar-refractivity contribution < 1.29 is 13.6 Å². The smallest absolute Gasteiger partial charge is 0.267 e. The maximum atomic E-state index is 14.7. The molecule has 1 unspecified atom stereocenters. The van der Waals surface area contributed by atoms with Gasteiger partial charge in [-0.3, -0.25) is 4.79 Å². The Morgan fingerprint density at radius 1 is 1.38 bits per heavy atom. The summed E-state index contributed by atoms with van der Waals surface area (Å²) in [5, 5.41) is 5.32. The number of alkyl halides is 2. The average molecular weight is 358 g/mol. The van der Waals surface area contributed by atoms with Crippen LogP contribution in [0.1, 0.15) is 39.2 Å². The highest BCUT2D eigenvalue weighted by Crippen LogP contribution is 2.45. The van der Waals surface area contributed by atoms with Gasteiger partial charge in [0, 0.05) is 18.9 Å². The van der Waals surface area contributed by atoms with Crippen LogP contribution < -0.4 is 0 Å². The second-order valence-corrected chi connectivity index (χ2v) is 6.34. The molecule has 1 amide bonds. The van der Waals surface area contributed by atoms with Crippen LogP contribution in [0.3, 0.4) is 0 Å². The van der Waals surface area contributed by atoms with Crippen LogP contribution in [0.2, 0.25) is 0 Å². The van der Waals surface area contributed by atoms with Crippen molar-refractivity contribution in [1.82, 2.24) is 5.01 Å². The molecule has 2 rings (SSSR count). The first-order valence-electron chi connectivity index (χ1n) is 8.61. The van der Waals surface area contributed by atoms with Crippen LogP contribution in [0.15, 0.2) is 71.9 Å². The van der Waals surface area contributed by atoms with E-state index in [9.17, 15) is 13.6 Å². The van der Waals surface area contributed by atoms with Crippen molar-refractivity contribution in [2.45, 2.75) is 45.1 Å². The van der Waals surface area contributed by atoms with Crippen LogP contribution in [0.5, 0.6) is 0 Å². The third-order valence-corrected chi connectivity index (χ3v) is 4.68. The molecule has 0 radical (unpaired) electrons. The minimum absolute atomic E-state index is 0.0000378. The Kier molecular flexibility index (Phi) is 5.90. The quantitative estimate of drug-likeness (QED) is 0.513. The molecule has 0 aliphatic carbocycles.